The summed E-state index contributed by atoms with van der Waals surface area (Å²) in [5.74, 6) is 0.689. The van der Waals surface area contributed by atoms with Gasteiger partial charge in [-0.2, -0.15) is 0 Å². The van der Waals surface area contributed by atoms with Crippen molar-refractivity contribution in [1.82, 2.24) is 0 Å². The van der Waals surface area contributed by atoms with E-state index in [0.717, 1.165) is 6.42 Å². The predicted octanol–water partition coefficient (Wildman–Crippen LogP) is 1.58. The van der Waals surface area contributed by atoms with Crippen molar-refractivity contribution in [3.05, 3.63) is 35.4 Å². The summed E-state index contributed by atoms with van der Waals surface area (Å²) in [5.41, 5.74) is 2.41. The van der Waals surface area contributed by atoms with Crippen molar-refractivity contribution in [2.24, 2.45) is 11.8 Å². The summed E-state index contributed by atoms with van der Waals surface area (Å²) in [5, 5.41) is 9.51. The van der Waals surface area contributed by atoms with Crippen LogP contribution in [0.1, 0.15) is 17.5 Å². The van der Waals surface area contributed by atoms with Crippen LogP contribution in [0.3, 0.4) is 0 Å². The molecule has 2 rings (SSSR count). The molecule has 1 aliphatic rings. The lowest BCUT2D eigenvalue weighted by atomic mass is 9.86. The van der Waals surface area contributed by atoms with Crippen LogP contribution >= 0.6 is 0 Å². The van der Waals surface area contributed by atoms with E-state index in [1.54, 1.807) is 0 Å². The minimum Gasteiger partial charge on any atom is -0.396 e. The van der Waals surface area contributed by atoms with Gasteiger partial charge in [0.15, 0.2) is 9.84 Å². The first-order chi connectivity index (χ1) is 8.52. The fraction of sp³-hybridized carbons (Fsp3) is 0.571. The maximum Gasteiger partial charge on any atom is 0.150 e. The Hall–Kier alpha value is -0.870. The highest BCUT2D eigenvalue weighted by atomic mass is 32.2. The molecule has 1 heterocycles. The lowest BCUT2D eigenvalue weighted by Crippen LogP contribution is -2.22. The number of aliphatic hydroxyl groups is 1. The Balaban J connectivity index is 2.09. The Morgan fingerprint density at radius 1 is 1.39 bits per heavy atom. The maximum absolute atomic E-state index is 11.5. The van der Waals surface area contributed by atoms with E-state index in [1.165, 1.54) is 11.1 Å². The normalized spacial score (nSPS) is 24.0. The van der Waals surface area contributed by atoms with Gasteiger partial charge >= 0.3 is 0 Å². The van der Waals surface area contributed by atoms with E-state index in [-0.39, 0.29) is 29.9 Å². The summed E-state index contributed by atoms with van der Waals surface area (Å²) in [6.45, 7) is 2.11. The van der Waals surface area contributed by atoms with Gasteiger partial charge in [-0.05, 0) is 42.7 Å². The predicted molar refractivity (Wildman–Crippen MR) is 72.2 cm³/mol. The maximum atomic E-state index is 11.5. The molecule has 0 bridgehead atoms. The molecule has 4 heteroatoms. The second kappa shape index (κ2) is 5.41. The number of benzene rings is 1. The molecule has 2 atom stereocenters. The molecule has 1 N–H and O–H groups in total. The molecule has 1 saturated heterocycles. The van der Waals surface area contributed by atoms with Gasteiger partial charge in [0.05, 0.1) is 11.5 Å². The highest BCUT2D eigenvalue weighted by molar-refractivity contribution is 7.91. The van der Waals surface area contributed by atoms with Gasteiger partial charge in [-0.1, -0.05) is 24.3 Å². The van der Waals surface area contributed by atoms with E-state index >= 15 is 0 Å². The number of sulfone groups is 1. The first-order valence-electron chi connectivity index (χ1n) is 6.37. The Morgan fingerprint density at radius 3 is 2.67 bits per heavy atom. The molecule has 0 spiro atoms. The van der Waals surface area contributed by atoms with Gasteiger partial charge in [0.25, 0.3) is 0 Å². The standard InChI is InChI=1S/C14H20O3S/c1-11-4-2-3-5-12(11)8-14(9-15)13-6-7-18(16,17)10-13/h2-5,13-15H,6-10H2,1H3. The lowest BCUT2D eigenvalue weighted by molar-refractivity contribution is 0.184. The summed E-state index contributed by atoms with van der Waals surface area (Å²) in [6.07, 6.45) is 1.46. The Bertz CT molecular complexity index is 508. The van der Waals surface area contributed by atoms with Crippen molar-refractivity contribution < 1.29 is 13.5 Å². The summed E-state index contributed by atoms with van der Waals surface area (Å²) in [4.78, 5) is 0. The summed E-state index contributed by atoms with van der Waals surface area (Å²) < 4.78 is 23.0. The molecule has 0 radical (unpaired) electrons. The molecular formula is C14H20O3S. The fourth-order valence-corrected chi connectivity index (χ4v) is 4.62. The van der Waals surface area contributed by atoms with Gasteiger partial charge in [-0.25, -0.2) is 8.42 Å². The first-order valence-corrected chi connectivity index (χ1v) is 8.20. The van der Waals surface area contributed by atoms with Gasteiger partial charge in [-0.3, -0.25) is 0 Å². The molecule has 0 aliphatic carbocycles. The molecule has 0 saturated carbocycles. The van der Waals surface area contributed by atoms with Gasteiger partial charge in [0.1, 0.15) is 0 Å². The van der Waals surface area contributed by atoms with Crippen LogP contribution in [0.25, 0.3) is 0 Å². The zero-order chi connectivity index (χ0) is 13.2. The quantitative estimate of drug-likeness (QED) is 0.902. The van der Waals surface area contributed by atoms with Gasteiger partial charge in [-0.15, -0.1) is 0 Å². The van der Waals surface area contributed by atoms with E-state index < -0.39 is 9.84 Å². The van der Waals surface area contributed by atoms with Crippen molar-refractivity contribution in [2.75, 3.05) is 18.1 Å². The molecule has 18 heavy (non-hydrogen) atoms. The third-order valence-electron chi connectivity index (χ3n) is 3.91. The number of aryl methyl sites for hydroxylation is 1. The van der Waals surface area contributed by atoms with E-state index in [4.69, 9.17) is 0 Å². The summed E-state index contributed by atoms with van der Waals surface area (Å²) in [6, 6.07) is 8.09. The minimum absolute atomic E-state index is 0.0587. The number of rotatable bonds is 4. The van der Waals surface area contributed by atoms with Crippen LogP contribution in [0.5, 0.6) is 0 Å². The number of hydrogen-bond donors (Lipinski definition) is 1. The highest BCUT2D eigenvalue weighted by Crippen LogP contribution is 2.29. The third-order valence-corrected chi connectivity index (χ3v) is 5.71. The Morgan fingerprint density at radius 2 is 2.11 bits per heavy atom. The monoisotopic (exact) mass is 268 g/mol. The Labute approximate surface area is 109 Å². The molecule has 1 fully saturated rings. The van der Waals surface area contributed by atoms with Gasteiger partial charge in [0, 0.05) is 6.61 Å². The number of hydrogen-bond acceptors (Lipinski definition) is 3. The van der Waals surface area contributed by atoms with Crippen LogP contribution in [0.15, 0.2) is 24.3 Å². The second-order valence-electron chi connectivity index (χ2n) is 5.24. The van der Waals surface area contributed by atoms with Crippen LogP contribution in [-0.4, -0.2) is 31.6 Å². The van der Waals surface area contributed by atoms with E-state index in [1.807, 2.05) is 12.1 Å². The molecule has 1 aliphatic heterocycles. The Kier molecular flexibility index (Phi) is 4.07. The van der Waals surface area contributed by atoms with Crippen molar-refractivity contribution in [1.29, 1.82) is 0 Å². The van der Waals surface area contributed by atoms with Crippen molar-refractivity contribution in [3.63, 3.8) is 0 Å². The van der Waals surface area contributed by atoms with Crippen molar-refractivity contribution in [2.45, 2.75) is 19.8 Å². The minimum atomic E-state index is -2.86. The topological polar surface area (TPSA) is 54.4 Å². The average molecular weight is 268 g/mol. The lowest BCUT2D eigenvalue weighted by Gasteiger charge is -2.21. The van der Waals surface area contributed by atoms with E-state index in [9.17, 15) is 13.5 Å². The fourth-order valence-electron chi connectivity index (χ4n) is 2.70. The van der Waals surface area contributed by atoms with Crippen LogP contribution in [-0.2, 0) is 16.3 Å². The van der Waals surface area contributed by atoms with Gasteiger partial charge < -0.3 is 5.11 Å². The smallest absolute Gasteiger partial charge is 0.150 e. The summed E-state index contributed by atoms with van der Waals surface area (Å²) in [7, 11) is -2.86. The zero-order valence-electron chi connectivity index (χ0n) is 10.7. The highest BCUT2D eigenvalue weighted by Gasteiger charge is 2.33. The van der Waals surface area contributed by atoms with E-state index in [0.29, 0.717) is 6.42 Å². The van der Waals surface area contributed by atoms with E-state index in [2.05, 4.69) is 19.1 Å². The number of aliphatic hydroxyl groups excluding tert-OH is 1. The largest absolute Gasteiger partial charge is 0.396 e. The van der Waals surface area contributed by atoms with Crippen LogP contribution in [0, 0.1) is 18.8 Å². The molecule has 1 aromatic rings. The average Bonchev–Trinajstić information content (AvgIpc) is 2.68. The molecule has 100 valence electrons. The summed E-state index contributed by atoms with van der Waals surface area (Å²) >= 11 is 0. The third kappa shape index (κ3) is 3.12. The molecule has 3 nitrogen and oxygen atoms in total. The second-order valence-corrected chi connectivity index (χ2v) is 7.47. The molecule has 2 unspecified atom stereocenters. The van der Waals surface area contributed by atoms with Crippen LogP contribution in [0.4, 0.5) is 0 Å². The van der Waals surface area contributed by atoms with Crippen molar-refractivity contribution >= 4 is 9.84 Å². The molecule has 0 aromatic heterocycles. The van der Waals surface area contributed by atoms with Gasteiger partial charge in [0.2, 0.25) is 0 Å². The molecule has 1 aromatic carbocycles. The zero-order valence-corrected chi connectivity index (χ0v) is 11.5. The molecular weight excluding hydrogens is 248 g/mol. The van der Waals surface area contributed by atoms with Crippen molar-refractivity contribution in [3.8, 4) is 0 Å². The van der Waals surface area contributed by atoms with Crippen LogP contribution in [0.2, 0.25) is 0 Å². The SMILES string of the molecule is Cc1ccccc1CC(CO)C1CCS(=O)(=O)C1. The first kappa shape index (κ1) is 13.6. The van der Waals surface area contributed by atoms with Crippen LogP contribution < -0.4 is 0 Å². The molecule has 0 amide bonds.